The van der Waals surface area contributed by atoms with Gasteiger partial charge in [-0.1, -0.05) is 6.07 Å². The van der Waals surface area contributed by atoms with E-state index in [2.05, 4.69) is 4.98 Å². The van der Waals surface area contributed by atoms with Crippen molar-refractivity contribution in [2.24, 2.45) is 0 Å². The minimum atomic E-state index is 0.628. The van der Waals surface area contributed by atoms with Gasteiger partial charge in [0, 0.05) is 10.6 Å². The molecule has 1 aromatic carbocycles. The summed E-state index contributed by atoms with van der Waals surface area (Å²) in [5.41, 5.74) is 8.68. The van der Waals surface area contributed by atoms with Gasteiger partial charge in [0.2, 0.25) is 0 Å². The molecule has 15 heavy (non-hydrogen) atoms. The van der Waals surface area contributed by atoms with Gasteiger partial charge < -0.3 is 10.2 Å². The molecule has 0 aliphatic carbocycles. The number of rotatable bonds is 2. The van der Waals surface area contributed by atoms with Gasteiger partial charge in [-0.3, -0.25) is 0 Å². The molecule has 0 bridgehead atoms. The quantitative estimate of drug-likeness (QED) is 0.790. The van der Waals surface area contributed by atoms with E-state index in [1.165, 1.54) is 11.8 Å². The number of hydrogen-bond acceptors (Lipinski definition) is 4. The number of nitrogen functional groups attached to an aromatic ring is 1. The molecule has 0 radical (unpaired) electrons. The van der Waals surface area contributed by atoms with Crippen LogP contribution in [0.25, 0.3) is 0 Å². The van der Waals surface area contributed by atoms with Crippen molar-refractivity contribution in [1.82, 2.24) is 4.98 Å². The fraction of sp³-hybridized carbons (Fsp3) is 0.182. The summed E-state index contributed by atoms with van der Waals surface area (Å²) in [6.07, 6.45) is 1.63. The third-order valence-electron chi connectivity index (χ3n) is 1.96. The maximum absolute atomic E-state index is 5.89. The first kappa shape index (κ1) is 10.1. The Labute approximate surface area is 92.7 Å². The molecule has 4 heteroatoms. The van der Waals surface area contributed by atoms with Crippen molar-refractivity contribution in [2.75, 3.05) is 5.73 Å². The number of benzene rings is 1. The van der Waals surface area contributed by atoms with E-state index in [1.807, 2.05) is 32.0 Å². The summed E-state index contributed by atoms with van der Waals surface area (Å²) in [6, 6.07) is 5.95. The maximum Gasteiger partial charge on any atom is 0.260 e. The molecule has 0 aliphatic rings. The molecule has 2 aromatic rings. The fourth-order valence-corrected chi connectivity index (χ4v) is 2.02. The number of hydrogen-bond donors (Lipinski definition) is 1. The molecule has 0 amide bonds. The second kappa shape index (κ2) is 3.98. The standard InChI is InChI=1S/C11H12N2OS/c1-7-3-4-10(9(12)5-7)15-11-13-8(2)6-14-11/h3-6H,12H2,1-2H3. The van der Waals surface area contributed by atoms with Gasteiger partial charge in [0.25, 0.3) is 5.22 Å². The Morgan fingerprint density at radius 1 is 1.33 bits per heavy atom. The minimum Gasteiger partial charge on any atom is -0.439 e. The van der Waals surface area contributed by atoms with E-state index in [0.29, 0.717) is 5.22 Å². The second-order valence-corrected chi connectivity index (χ2v) is 4.39. The Bertz CT molecular complexity index is 479. The third-order valence-corrected chi connectivity index (χ3v) is 2.91. The van der Waals surface area contributed by atoms with Crippen molar-refractivity contribution < 1.29 is 4.42 Å². The summed E-state index contributed by atoms with van der Waals surface area (Å²) in [4.78, 5) is 5.18. The molecular weight excluding hydrogens is 208 g/mol. The predicted octanol–water partition coefficient (Wildman–Crippen LogP) is 3.02. The molecule has 1 heterocycles. The van der Waals surface area contributed by atoms with Crippen LogP contribution < -0.4 is 5.73 Å². The first-order valence-electron chi connectivity index (χ1n) is 4.61. The normalized spacial score (nSPS) is 10.5. The Kier molecular flexibility index (Phi) is 2.68. The second-order valence-electron chi connectivity index (χ2n) is 3.40. The molecule has 0 saturated heterocycles. The number of nitrogens with zero attached hydrogens (tertiary/aromatic N) is 1. The van der Waals surface area contributed by atoms with Gasteiger partial charge in [-0.15, -0.1) is 0 Å². The highest BCUT2D eigenvalue weighted by Crippen LogP contribution is 2.31. The molecule has 3 nitrogen and oxygen atoms in total. The van der Waals surface area contributed by atoms with E-state index >= 15 is 0 Å². The van der Waals surface area contributed by atoms with Crippen molar-refractivity contribution >= 4 is 17.4 Å². The van der Waals surface area contributed by atoms with Gasteiger partial charge in [0.05, 0.1) is 5.69 Å². The SMILES string of the molecule is Cc1ccc(Sc2nc(C)co2)c(N)c1. The molecule has 0 unspecified atom stereocenters. The monoisotopic (exact) mass is 220 g/mol. The first-order chi connectivity index (χ1) is 7.15. The number of oxazole rings is 1. The summed E-state index contributed by atoms with van der Waals surface area (Å²) in [5, 5.41) is 0.628. The van der Waals surface area contributed by atoms with Gasteiger partial charge in [0.1, 0.15) is 6.26 Å². The van der Waals surface area contributed by atoms with Gasteiger partial charge >= 0.3 is 0 Å². The topological polar surface area (TPSA) is 52.0 Å². The lowest BCUT2D eigenvalue weighted by Crippen LogP contribution is -1.89. The number of anilines is 1. The largest absolute Gasteiger partial charge is 0.439 e. The van der Waals surface area contributed by atoms with E-state index in [9.17, 15) is 0 Å². The summed E-state index contributed by atoms with van der Waals surface area (Å²) >= 11 is 1.44. The highest BCUT2D eigenvalue weighted by atomic mass is 32.2. The Morgan fingerprint density at radius 2 is 2.13 bits per heavy atom. The van der Waals surface area contributed by atoms with E-state index in [1.54, 1.807) is 6.26 Å². The van der Waals surface area contributed by atoms with Gasteiger partial charge in [-0.05, 0) is 43.3 Å². The Morgan fingerprint density at radius 3 is 2.73 bits per heavy atom. The van der Waals surface area contributed by atoms with Crippen LogP contribution in [0, 0.1) is 13.8 Å². The van der Waals surface area contributed by atoms with Gasteiger partial charge in [-0.25, -0.2) is 4.98 Å². The summed E-state index contributed by atoms with van der Waals surface area (Å²) in [6.45, 7) is 3.91. The van der Waals surface area contributed by atoms with E-state index in [-0.39, 0.29) is 0 Å². The van der Waals surface area contributed by atoms with Crippen LogP contribution >= 0.6 is 11.8 Å². The highest BCUT2D eigenvalue weighted by molar-refractivity contribution is 7.99. The Balaban J connectivity index is 2.24. The van der Waals surface area contributed by atoms with Crippen LogP contribution in [0.1, 0.15) is 11.3 Å². The zero-order valence-corrected chi connectivity index (χ0v) is 9.47. The molecule has 1 aromatic heterocycles. The van der Waals surface area contributed by atoms with Crippen molar-refractivity contribution in [3.05, 3.63) is 35.7 Å². The zero-order chi connectivity index (χ0) is 10.8. The van der Waals surface area contributed by atoms with Crippen LogP contribution in [0.4, 0.5) is 5.69 Å². The smallest absolute Gasteiger partial charge is 0.260 e. The summed E-state index contributed by atoms with van der Waals surface area (Å²) in [5.74, 6) is 0. The molecule has 2 N–H and O–H groups in total. The average Bonchev–Trinajstić information content (AvgIpc) is 2.56. The van der Waals surface area contributed by atoms with Crippen LogP contribution in [0.3, 0.4) is 0 Å². The van der Waals surface area contributed by atoms with E-state index < -0.39 is 0 Å². The Hall–Kier alpha value is -1.42. The number of nitrogens with two attached hydrogens (primary N) is 1. The average molecular weight is 220 g/mol. The van der Waals surface area contributed by atoms with E-state index in [4.69, 9.17) is 10.2 Å². The fourth-order valence-electron chi connectivity index (χ4n) is 1.23. The number of aryl methyl sites for hydroxylation is 2. The molecular formula is C11H12N2OS. The molecule has 0 fully saturated rings. The van der Waals surface area contributed by atoms with Gasteiger partial charge in [-0.2, -0.15) is 0 Å². The summed E-state index contributed by atoms with van der Waals surface area (Å²) in [7, 11) is 0. The first-order valence-corrected chi connectivity index (χ1v) is 5.43. The molecule has 0 saturated carbocycles. The molecule has 0 spiro atoms. The van der Waals surface area contributed by atoms with Crippen LogP contribution in [0.5, 0.6) is 0 Å². The predicted molar refractivity (Wildman–Crippen MR) is 61.0 cm³/mol. The molecule has 2 rings (SSSR count). The lowest BCUT2D eigenvalue weighted by atomic mass is 10.2. The van der Waals surface area contributed by atoms with Crippen molar-refractivity contribution in [2.45, 2.75) is 24.0 Å². The molecule has 78 valence electrons. The van der Waals surface area contributed by atoms with Gasteiger partial charge in [0.15, 0.2) is 0 Å². The van der Waals surface area contributed by atoms with E-state index in [0.717, 1.165) is 21.8 Å². The summed E-state index contributed by atoms with van der Waals surface area (Å²) < 4.78 is 5.25. The van der Waals surface area contributed by atoms with Crippen LogP contribution in [-0.4, -0.2) is 4.98 Å². The van der Waals surface area contributed by atoms with Crippen LogP contribution in [0.2, 0.25) is 0 Å². The van der Waals surface area contributed by atoms with Crippen molar-refractivity contribution in [3.63, 3.8) is 0 Å². The van der Waals surface area contributed by atoms with Crippen LogP contribution in [-0.2, 0) is 0 Å². The van der Waals surface area contributed by atoms with Crippen LogP contribution in [0.15, 0.2) is 39.0 Å². The molecule has 0 aliphatic heterocycles. The lowest BCUT2D eigenvalue weighted by Gasteiger charge is -2.02. The highest BCUT2D eigenvalue weighted by Gasteiger charge is 2.06. The van der Waals surface area contributed by atoms with Crippen molar-refractivity contribution in [3.8, 4) is 0 Å². The third kappa shape index (κ3) is 2.33. The minimum absolute atomic E-state index is 0.628. The lowest BCUT2D eigenvalue weighted by molar-refractivity contribution is 0.454. The maximum atomic E-state index is 5.89. The zero-order valence-electron chi connectivity index (χ0n) is 8.65. The van der Waals surface area contributed by atoms with Crippen molar-refractivity contribution in [1.29, 1.82) is 0 Å². The number of aromatic nitrogens is 1. The molecule has 0 atom stereocenters.